The molecule has 0 aromatic rings. The van der Waals surface area contributed by atoms with Gasteiger partial charge in [0.15, 0.2) is 0 Å². The first-order chi connectivity index (χ1) is 9.54. The van der Waals surface area contributed by atoms with Gasteiger partial charge in [-0.15, -0.1) is 0 Å². The van der Waals surface area contributed by atoms with Gasteiger partial charge in [0.25, 0.3) is 5.91 Å². The van der Waals surface area contributed by atoms with E-state index in [0.717, 1.165) is 25.9 Å². The minimum absolute atomic E-state index is 0.0379. The number of likely N-dealkylation sites (N-methyl/N-ethyl adjacent to an activating group) is 1. The molecular formula is C17H34N2O. The normalized spacial score (nSPS) is 10.8. The van der Waals surface area contributed by atoms with Crippen molar-refractivity contribution in [3.63, 3.8) is 0 Å². The van der Waals surface area contributed by atoms with E-state index in [0.29, 0.717) is 5.57 Å². The lowest BCUT2D eigenvalue weighted by Crippen LogP contribution is -2.45. The van der Waals surface area contributed by atoms with Gasteiger partial charge in [-0.2, -0.15) is 0 Å². The Labute approximate surface area is 126 Å². The number of unbranched alkanes of at least 4 members (excludes halogenated alkanes) is 6. The molecule has 0 saturated carbocycles. The number of nitrogens with zero attached hydrogens (tertiary/aromatic N) is 2. The molecule has 0 aliphatic carbocycles. The number of hydrazine groups is 1. The first-order valence-electron chi connectivity index (χ1n) is 8.23. The molecule has 0 atom stereocenters. The molecule has 0 aromatic carbocycles. The molecule has 0 rings (SSSR count). The van der Waals surface area contributed by atoms with Crippen LogP contribution in [0.3, 0.4) is 0 Å². The van der Waals surface area contributed by atoms with Gasteiger partial charge in [-0.05, 0) is 19.8 Å². The summed E-state index contributed by atoms with van der Waals surface area (Å²) in [6.07, 6.45) is 9.87. The Kier molecular flexibility index (Phi) is 11.5. The van der Waals surface area contributed by atoms with Crippen molar-refractivity contribution in [1.82, 2.24) is 10.0 Å². The van der Waals surface area contributed by atoms with E-state index in [1.54, 1.807) is 11.9 Å². The molecule has 3 heteroatoms. The minimum atomic E-state index is 0.0379. The van der Waals surface area contributed by atoms with E-state index in [1.807, 2.05) is 7.05 Å². The molecule has 3 nitrogen and oxygen atoms in total. The van der Waals surface area contributed by atoms with Gasteiger partial charge in [0.1, 0.15) is 0 Å². The molecule has 0 aromatic heterocycles. The molecule has 0 bridgehead atoms. The van der Waals surface area contributed by atoms with Crippen LogP contribution in [0.1, 0.15) is 72.1 Å². The Morgan fingerprint density at radius 2 is 1.35 bits per heavy atom. The van der Waals surface area contributed by atoms with Crippen molar-refractivity contribution in [2.75, 3.05) is 20.1 Å². The van der Waals surface area contributed by atoms with Gasteiger partial charge in [0.05, 0.1) is 0 Å². The van der Waals surface area contributed by atoms with Crippen molar-refractivity contribution in [3.05, 3.63) is 12.2 Å². The highest BCUT2D eigenvalue weighted by Crippen LogP contribution is 2.09. The topological polar surface area (TPSA) is 23.6 Å². The van der Waals surface area contributed by atoms with Crippen LogP contribution in [0.5, 0.6) is 0 Å². The molecular weight excluding hydrogens is 248 g/mol. The van der Waals surface area contributed by atoms with Crippen LogP contribution in [0.4, 0.5) is 0 Å². The second-order valence-corrected chi connectivity index (χ2v) is 5.68. The lowest BCUT2D eigenvalue weighted by Gasteiger charge is -2.32. The Balaban J connectivity index is 4.28. The number of carbonyl (C=O) groups excluding carboxylic acids is 1. The van der Waals surface area contributed by atoms with Crippen molar-refractivity contribution in [2.45, 2.75) is 72.1 Å². The summed E-state index contributed by atoms with van der Waals surface area (Å²) >= 11 is 0. The van der Waals surface area contributed by atoms with Crippen LogP contribution in [-0.2, 0) is 4.79 Å². The Bertz CT molecular complexity index is 264. The van der Waals surface area contributed by atoms with E-state index in [4.69, 9.17) is 0 Å². The standard InChI is InChI=1S/C17H34N2O/c1-6-8-10-12-14-19(15-13-11-9-7-2)18(5)17(20)16(3)4/h3,6-15H2,1-2,4-5H3. The molecule has 0 spiro atoms. The van der Waals surface area contributed by atoms with E-state index in [2.05, 4.69) is 25.4 Å². The van der Waals surface area contributed by atoms with E-state index in [1.165, 1.54) is 38.5 Å². The van der Waals surface area contributed by atoms with E-state index in [9.17, 15) is 4.79 Å². The van der Waals surface area contributed by atoms with E-state index in [-0.39, 0.29) is 5.91 Å². The Hall–Kier alpha value is -0.830. The van der Waals surface area contributed by atoms with Crippen molar-refractivity contribution in [2.24, 2.45) is 0 Å². The lowest BCUT2D eigenvalue weighted by atomic mass is 10.2. The third-order valence-corrected chi connectivity index (χ3v) is 3.62. The number of carbonyl (C=O) groups is 1. The van der Waals surface area contributed by atoms with E-state index < -0.39 is 0 Å². The van der Waals surface area contributed by atoms with Crippen LogP contribution in [0.2, 0.25) is 0 Å². The van der Waals surface area contributed by atoms with Gasteiger partial charge in [-0.3, -0.25) is 9.80 Å². The Morgan fingerprint density at radius 3 is 1.70 bits per heavy atom. The maximum atomic E-state index is 12.0. The second-order valence-electron chi connectivity index (χ2n) is 5.68. The zero-order valence-corrected chi connectivity index (χ0v) is 14.1. The van der Waals surface area contributed by atoms with Crippen LogP contribution in [0.15, 0.2) is 12.2 Å². The fourth-order valence-corrected chi connectivity index (χ4v) is 2.26. The summed E-state index contributed by atoms with van der Waals surface area (Å²) in [7, 11) is 1.87. The lowest BCUT2D eigenvalue weighted by molar-refractivity contribution is -0.141. The maximum Gasteiger partial charge on any atom is 0.262 e. The molecule has 0 aliphatic heterocycles. The van der Waals surface area contributed by atoms with Crippen LogP contribution in [-0.4, -0.2) is 36.1 Å². The zero-order chi connectivity index (χ0) is 15.4. The van der Waals surface area contributed by atoms with Crippen LogP contribution >= 0.6 is 0 Å². The van der Waals surface area contributed by atoms with Crippen LogP contribution in [0.25, 0.3) is 0 Å². The highest BCUT2D eigenvalue weighted by molar-refractivity contribution is 5.91. The summed E-state index contributed by atoms with van der Waals surface area (Å²) in [5.74, 6) is 0.0379. The monoisotopic (exact) mass is 282 g/mol. The first-order valence-corrected chi connectivity index (χ1v) is 8.23. The fourth-order valence-electron chi connectivity index (χ4n) is 2.26. The van der Waals surface area contributed by atoms with Crippen molar-refractivity contribution < 1.29 is 4.79 Å². The highest BCUT2D eigenvalue weighted by Gasteiger charge is 2.16. The van der Waals surface area contributed by atoms with Gasteiger partial charge in [0.2, 0.25) is 0 Å². The summed E-state index contributed by atoms with van der Waals surface area (Å²) in [5, 5.41) is 3.96. The average molecular weight is 282 g/mol. The second kappa shape index (κ2) is 12.0. The molecule has 0 saturated heterocycles. The zero-order valence-electron chi connectivity index (χ0n) is 14.1. The van der Waals surface area contributed by atoms with Crippen molar-refractivity contribution >= 4 is 5.91 Å². The first kappa shape index (κ1) is 19.2. The van der Waals surface area contributed by atoms with Gasteiger partial charge in [-0.1, -0.05) is 59.0 Å². The molecule has 0 N–H and O–H groups in total. The number of amides is 1. The smallest absolute Gasteiger partial charge is 0.262 e. The number of hydrogen-bond acceptors (Lipinski definition) is 2. The van der Waals surface area contributed by atoms with Gasteiger partial charge in [0, 0.05) is 25.7 Å². The quantitative estimate of drug-likeness (QED) is 0.301. The van der Waals surface area contributed by atoms with Gasteiger partial charge < -0.3 is 0 Å². The fraction of sp³-hybridized carbons (Fsp3) is 0.824. The molecule has 118 valence electrons. The van der Waals surface area contributed by atoms with Crippen LogP contribution < -0.4 is 0 Å². The summed E-state index contributed by atoms with van der Waals surface area (Å²) in [4.78, 5) is 12.0. The third-order valence-electron chi connectivity index (χ3n) is 3.62. The van der Waals surface area contributed by atoms with Crippen LogP contribution in [0, 0.1) is 0 Å². The molecule has 0 fully saturated rings. The molecule has 0 aliphatic rings. The third kappa shape index (κ3) is 8.36. The highest BCUT2D eigenvalue weighted by atomic mass is 16.2. The average Bonchev–Trinajstić information content (AvgIpc) is 2.44. The maximum absolute atomic E-state index is 12.0. The Morgan fingerprint density at radius 1 is 0.900 bits per heavy atom. The molecule has 0 heterocycles. The number of rotatable bonds is 12. The van der Waals surface area contributed by atoms with Gasteiger partial charge in [-0.25, -0.2) is 5.01 Å². The predicted octanol–water partition coefficient (Wildman–Crippen LogP) is 4.40. The minimum Gasteiger partial charge on any atom is -0.275 e. The molecule has 0 radical (unpaired) electrons. The summed E-state index contributed by atoms with van der Waals surface area (Å²) in [6.45, 7) is 11.9. The predicted molar refractivity (Wildman–Crippen MR) is 87.4 cm³/mol. The summed E-state index contributed by atoms with van der Waals surface area (Å²) in [6, 6.07) is 0. The van der Waals surface area contributed by atoms with Gasteiger partial charge >= 0.3 is 0 Å². The summed E-state index contributed by atoms with van der Waals surface area (Å²) < 4.78 is 0. The molecule has 20 heavy (non-hydrogen) atoms. The summed E-state index contributed by atoms with van der Waals surface area (Å²) in [5.41, 5.74) is 0.611. The largest absolute Gasteiger partial charge is 0.275 e. The molecule has 1 amide bonds. The van der Waals surface area contributed by atoms with Crippen molar-refractivity contribution in [3.8, 4) is 0 Å². The number of hydrogen-bond donors (Lipinski definition) is 0. The molecule has 0 unspecified atom stereocenters. The van der Waals surface area contributed by atoms with E-state index >= 15 is 0 Å². The van der Waals surface area contributed by atoms with Crippen molar-refractivity contribution in [1.29, 1.82) is 0 Å². The SMILES string of the molecule is C=C(C)C(=O)N(C)N(CCCCCC)CCCCCC.